The first-order valence-corrected chi connectivity index (χ1v) is 11.6. The lowest BCUT2D eigenvalue weighted by atomic mass is 10.1. The number of anilines is 1. The fraction of sp³-hybridized carbons (Fsp3) is 0.435. The molecule has 156 valence electrons. The third-order valence-electron chi connectivity index (χ3n) is 6.52. The Balaban J connectivity index is 1.31. The van der Waals surface area contributed by atoms with Crippen LogP contribution in [0.1, 0.15) is 52.0 Å². The molecule has 1 aromatic heterocycles. The highest BCUT2D eigenvalue weighted by Gasteiger charge is 2.43. The number of benzene rings is 1. The summed E-state index contributed by atoms with van der Waals surface area (Å²) in [5.74, 6) is -0.146. The second kappa shape index (κ2) is 7.87. The Morgan fingerprint density at radius 2 is 1.77 bits per heavy atom. The monoisotopic (exact) mass is 423 g/mol. The molecular formula is C23H25N3O3S. The molecule has 1 saturated carbocycles. The average molecular weight is 424 g/mol. The fourth-order valence-corrected chi connectivity index (χ4v) is 5.59. The summed E-state index contributed by atoms with van der Waals surface area (Å²) in [5.41, 5.74) is 2.97. The number of hydrogen-bond acceptors (Lipinski definition) is 5. The van der Waals surface area contributed by atoms with Crippen molar-refractivity contribution in [1.82, 2.24) is 9.80 Å². The van der Waals surface area contributed by atoms with E-state index in [1.165, 1.54) is 4.90 Å². The Labute approximate surface area is 180 Å². The zero-order valence-corrected chi connectivity index (χ0v) is 17.7. The van der Waals surface area contributed by atoms with Crippen LogP contribution in [-0.4, -0.2) is 59.7 Å². The molecule has 1 aliphatic carbocycles. The predicted octanol–water partition coefficient (Wildman–Crippen LogP) is 3.18. The molecule has 0 unspecified atom stereocenters. The predicted molar refractivity (Wildman–Crippen MR) is 116 cm³/mol. The molecule has 3 heterocycles. The molecule has 0 atom stereocenters. The second-order valence-electron chi connectivity index (χ2n) is 8.29. The summed E-state index contributed by atoms with van der Waals surface area (Å²) in [4.78, 5) is 44.3. The van der Waals surface area contributed by atoms with Gasteiger partial charge in [0.1, 0.15) is 0 Å². The molecule has 1 saturated heterocycles. The van der Waals surface area contributed by atoms with E-state index in [9.17, 15) is 14.4 Å². The van der Waals surface area contributed by atoms with Crippen molar-refractivity contribution in [3.63, 3.8) is 0 Å². The Hall–Kier alpha value is -2.67. The molecule has 3 aliphatic rings. The van der Waals surface area contributed by atoms with Crippen molar-refractivity contribution in [2.75, 3.05) is 31.1 Å². The van der Waals surface area contributed by atoms with Crippen LogP contribution in [0.3, 0.4) is 0 Å². The molecule has 2 aromatic rings. The number of fused-ring (bicyclic) bond motifs is 1. The molecule has 7 heteroatoms. The maximum Gasteiger partial charge on any atom is 0.263 e. The highest BCUT2D eigenvalue weighted by Crippen LogP contribution is 2.36. The molecule has 0 radical (unpaired) electrons. The second-order valence-corrected chi connectivity index (χ2v) is 9.07. The summed E-state index contributed by atoms with van der Waals surface area (Å²) in [7, 11) is 0. The first-order chi connectivity index (χ1) is 14.6. The van der Waals surface area contributed by atoms with E-state index in [0.29, 0.717) is 43.7 Å². The number of carbonyl (C=O) groups is 3. The van der Waals surface area contributed by atoms with E-state index in [2.05, 4.69) is 4.90 Å². The molecule has 0 spiro atoms. The molecule has 30 heavy (non-hydrogen) atoms. The van der Waals surface area contributed by atoms with Crippen molar-refractivity contribution in [1.29, 1.82) is 0 Å². The van der Waals surface area contributed by atoms with Gasteiger partial charge in [-0.3, -0.25) is 19.3 Å². The number of rotatable bonds is 4. The maximum atomic E-state index is 13.2. The first kappa shape index (κ1) is 19.3. The van der Waals surface area contributed by atoms with Gasteiger partial charge in [-0.15, -0.1) is 0 Å². The van der Waals surface area contributed by atoms with Crippen LogP contribution in [-0.2, 0) is 11.2 Å². The smallest absolute Gasteiger partial charge is 0.263 e. The summed E-state index contributed by atoms with van der Waals surface area (Å²) >= 11 is 1.60. The number of piperazine rings is 1. The summed E-state index contributed by atoms with van der Waals surface area (Å²) in [6.45, 7) is 2.58. The summed E-state index contributed by atoms with van der Waals surface area (Å²) < 4.78 is 0. The number of thiophene rings is 1. The van der Waals surface area contributed by atoms with E-state index in [1.807, 2.05) is 33.9 Å². The van der Waals surface area contributed by atoms with Gasteiger partial charge in [0.2, 0.25) is 5.91 Å². The quantitative estimate of drug-likeness (QED) is 0.709. The topological polar surface area (TPSA) is 60.9 Å². The Morgan fingerprint density at radius 1 is 1.00 bits per heavy atom. The van der Waals surface area contributed by atoms with E-state index >= 15 is 0 Å². The lowest BCUT2D eigenvalue weighted by Crippen LogP contribution is -2.49. The van der Waals surface area contributed by atoms with Crippen molar-refractivity contribution in [2.45, 2.75) is 38.1 Å². The van der Waals surface area contributed by atoms with Gasteiger partial charge in [0.15, 0.2) is 0 Å². The van der Waals surface area contributed by atoms with Crippen LogP contribution in [0, 0.1) is 0 Å². The SMILES string of the molecule is O=C(Cc1ccsc1)N1CCN(c2cccc3c2C(=O)N(C2CCCC2)C3=O)CC1. The lowest BCUT2D eigenvalue weighted by molar-refractivity contribution is -0.130. The standard InChI is InChI=1S/C23H25N3O3S/c27-20(14-16-8-13-30-15-16)25-11-9-24(10-12-25)19-7-3-6-18-21(19)23(29)26(22(18)28)17-4-1-2-5-17/h3,6-8,13,15,17H,1-2,4-5,9-12,14H2. The summed E-state index contributed by atoms with van der Waals surface area (Å²) in [6.07, 6.45) is 4.41. The minimum absolute atomic E-state index is 0.0387. The minimum Gasteiger partial charge on any atom is -0.367 e. The van der Waals surface area contributed by atoms with Crippen LogP contribution < -0.4 is 4.90 Å². The largest absolute Gasteiger partial charge is 0.367 e. The van der Waals surface area contributed by atoms with Crippen LogP contribution in [0.4, 0.5) is 5.69 Å². The number of imide groups is 1. The number of amides is 3. The molecule has 1 aromatic carbocycles. The van der Waals surface area contributed by atoms with Gasteiger partial charge in [-0.25, -0.2) is 0 Å². The van der Waals surface area contributed by atoms with Crippen LogP contribution in [0.5, 0.6) is 0 Å². The third kappa shape index (κ3) is 3.31. The van der Waals surface area contributed by atoms with Crippen LogP contribution >= 0.6 is 11.3 Å². The number of hydrogen-bond donors (Lipinski definition) is 0. The Kier molecular flexibility index (Phi) is 5.06. The molecule has 6 nitrogen and oxygen atoms in total. The van der Waals surface area contributed by atoms with Gasteiger partial charge in [0, 0.05) is 32.2 Å². The van der Waals surface area contributed by atoms with Crippen molar-refractivity contribution in [3.05, 3.63) is 51.7 Å². The molecule has 0 bridgehead atoms. The van der Waals surface area contributed by atoms with Gasteiger partial charge in [0.25, 0.3) is 11.8 Å². The Morgan fingerprint density at radius 3 is 2.47 bits per heavy atom. The van der Waals surface area contributed by atoms with Gasteiger partial charge in [0.05, 0.1) is 23.2 Å². The fourth-order valence-electron chi connectivity index (χ4n) is 4.92. The number of nitrogens with zero attached hydrogens (tertiary/aromatic N) is 3. The zero-order valence-electron chi connectivity index (χ0n) is 16.9. The maximum absolute atomic E-state index is 13.2. The van der Waals surface area contributed by atoms with Crippen LogP contribution in [0.15, 0.2) is 35.0 Å². The van der Waals surface area contributed by atoms with E-state index in [4.69, 9.17) is 0 Å². The minimum atomic E-state index is -0.145. The zero-order chi connectivity index (χ0) is 20.7. The van der Waals surface area contributed by atoms with Gasteiger partial charge in [-0.2, -0.15) is 11.3 Å². The molecule has 0 N–H and O–H groups in total. The number of carbonyl (C=O) groups excluding carboxylic acids is 3. The van der Waals surface area contributed by atoms with Gasteiger partial charge < -0.3 is 9.80 Å². The van der Waals surface area contributed by atoms with E-state index < -0.39 is 0 Å². The van der Waals surface area contributed by atoms with E-state index in [-0.39, 0.29) is 23.8 Å². The molecular weight excluding hydrogens is 398 g/mol. The van der Waals surface area contributed by atoms with Crippen molar-refractivity contribution in [2.24, 2.45) is 0 Å². The van der Waals surface area contributed by atoms with Crippen LogP contribution in [0.25, 0.3) is 0 Å². The highest BCUT2D eigenvalue weighted by molar-refractivity contribution is 7.08. The Bertz CT molecular complexity index is 974. The van der Waals surface area contributed by atoms with E-state index in [0.717, 1.165) is 36.9 Å². The van der Waals surface area contributed by atoms with Gasteiger partial charge in [-0.05, 0) is 47.4 Å². The average Bonchev–Trinajstić information content (AvgIpc) is 3.51. The van der Waals surface area contributed by atoms with Crippen molar-refractivity contribution in [3.8, 4) is 0 Å². The first-order valence-electron chi connectivity index (χ1n) is 10.7. The molecule has 3 amide bonds. The van der Waals surface area contributed by atoms with Crippen LogP contribution in [0.2, 0.25) is 0 Å². The summed E-state index contributed by atoms with van der Waals surface area (Å²) in [5, 5.41) is 4.00. The van der Waals surface area contributed by atoms with E-state index in [1.54, 1.807) is 17.4 Å². The van der Waals surface area contributed by atoms with Gasteiger partial charge >= 0.3 is 0 Å². The third-order valence-corrected chi connectivity index (χ3v) is 7.25. The molecule has 2 aliphatic heterocycles. The molecule has 5 rings (SSSR count). The lowest BCUT2D eigenvalue weighted by Gasteiger charge is -2.36. The van der Waals surface area contributed by atoms with Crippen molar-refractivity contribution < 1.29 is 14.4 Å². The van der Waals surface area contributed by atoms with Crippen molar-refractivity contribution >= 4 is 34.7 Å². The highest BCUT2D eigenvalue weighted by atomic mass is 32.1. The van der Waals surface area contributed by atoms with Gasteiger partial charge in [-0.1, -0.05) is 18.9 Å². The summed E-state index contributed by atoms with van der Waals surface area (Å²) in [6, 6.07) is 7.60. The normalized spacial score (nSPS) is 19.7. The molecule has 2 fully saturated rings.